The Kier molecular flexibility index (Phi) is 10.5. The Morgan fingerprint density at radius 3 is 2.37 bits per heavy atom. The third-order valence-corrected chi connectivity index (χ3v) is 15.5. The van der Waals surface area contributed by atoms with Gasteiger partial charge in [0.25, 0.3) is 5.56 Å². The molecule has 1 unspecified atom stereocenters. The Morgan fingerprint density at radius 1 is 0.904 bits per heavy atom. The lowest BCUT2D eigenvalue weighted by Crippen LogP contribution is -2.50. The van der Waals surface area contributed by atoms with E-state index in [-0.39, 0.29) is 30.3 Å². The Labute approximate surface area is 305 Å². The highest BCUT2D eigenvalue weighted by Gasteiger charge is 2.50. The van der Waals surface area contributed by atoms with Crippen molar-refractivity contribution in [3.8, 4) is 11.4 Å². The van der Waals surface area contributed by atoms with Crippen LogP contribution in [0.3, 0.4) is 0 Å². The van der Waals surface area contributed by atoms with Crippen LogP contribution in [0.4, 0.5) is 0 Å². The molecule has 6 aromatic rings. The molecule has 1 fully saturated rings. The zero-order chi connectivity index (χ0) is 36.2. The van der Waals surface area contributed by atoms with Crippen LogP contribution in [0.2, 0.25) is 18.6 Å². The van der Waals surface area contributed by atoms with E-state index in [2.05, 4.69) is 71.8 Å². The predicted molar refractivity (Wildman–Crippen MR) is 207 cm³/mol. The van der Waals surface area contributed by atoms with Gasteiger partial charge in [-0.15, -0.1) is 5.10 Å². The maximum absolute atomic E-state index is 13.1. The highest BCUT2D eigenvalue weighted by atomic mass is 28.3. The summed E-state index contributed by atoms with van der Waals surface area (Å²) in [6.45, 7) is 7.95. The smallest absolute Gasteiger partial charge is 0.279 e. The van der Waals surface area contributed by atoms with Gasteiger partial charge in [-0.2, -0.15) is 9.78 Å². The Hall–Kier alpha value is -4.90. The zero-order valence-corrected chi connectivity index (χ0v) is 31.3. The fourth-order valence-corrected chi connectivity index (χ4v) is 12.3. The van der Waals surface area contributed by atoms with Crippen LogP contribution in [0.15, 0.2) is 120 Å². The number of aryl methyl sites for hydroxylation is 2. The molecule has 3 heterocycles. The van der Waals surface area contributed by atoms with E-state index >= 15 is 0 Å². The maximum atomic E-state index is 13.1. The molecule has 1 aliphatic rings. The summed E-state index contributed by atoms with van der Waals surface area (Å²) in [5, 5.41) is 26.4. The number of aliphatic hydroxyl groups is 1. The molecule has 0 amide bonds. The van der Waals surface area contributed by atoms with Crippen LogP contribution in [-0.4, -0.2) is 63.9 Å². The van der Waals surface area contributed by atoms with Crippen molar-refractivity contribution < 1.29 is 14.6 Å². The number of hydrogen-bond acceptors (Lipinski definition) is 7. The zero-order valence-electron chi connectivity index (χ0n) is 30.3. The number of hydrogen-bond donors (Lipinski definition) is 1. The minimum Gasteiger partial charge on any atom is -0.497 e. The van der Waals surface area contributed by atoms with Crippen molar-refractivity contribution in [3.05, 3.63) is 143 Å². The van der Waals surface area contributed by atoms with Crippen molar-refractivity contribution in [1.82, 2.24) is 24.8 Å². The Morgan fingerprint density at radius 2 is 1.63 bits per heavy atom. The predicted octanol–water partition coefficient (Wildman–Crippen LogP) is 6.52. The number of aliphatic hydroxyl groups excluding tert-OH is 1. The van der Waals surface area contributed by atoms with Gasteiger partial charge in [0, 0.05) is 18.1 Å². The summed E-state index contributed by atoms with van der Waals surface area (Å²) in [7, 11) is -0.322. The summed E-state index contributed by atoms with van der Waals surface area (Å²) >= 11 is 0. The molecular formula is C42H47N5O4Si. The average molecular weight is 714 g/mol. The monoisotopic (exact) mass is 713 g/mol. The summed E-state index contributed by atoms with van der Waals surface area (Å²) in [6, 6.07) is 34.3. The van der Waals surface area contributed by atoms with Crippen LogP contribution in [0, 0.1) is 5.92 Å². The van der Waals surface area contributed by atoms with Crippen molar-refractivity contribution in [1.29, 1.82) is 0 Å². The lowest BCUT2D eigenvalue weighted by molar-refractivity contribution is 0.0250. The van der Waals surface area contributed by atoms with Crippen molar-refractivity contribution in [2.24, 2.45) is 5.92 Å². The normalized spacial score (nSPS) is 19.6. The van der Waals surface area contributed by atoms with Crippen LogP contribution in [-0.2, 0) is 17.7 Å². The van der Waals surface area contributed by atoms with Crippen molar-refractivity contribution in [3.63, 3.8) is 0 Å². The van der Waals surface area contributed by atoms with Gasteiger partial charge in [0.1, 0.15) is 5.75 Å². The fraction of sp³-hybridized carbons (Fsp3) is 0.333. The number of benzene rings is 4. The van der Waals surface area contributed by atoms with Crippen LogP contribution in [0.1, 0.15) is 42.5 Å². The third-order valence-electron chi connectivity index (χ3n) is 11.1. The van der Waals surface area contributed by atoms with Crippen LogP contribution >= 0.6 is 0 Å². The number of fused-ring (bicyclic) bond motifs is 1. The van der Waals surface area contributed by atoms with Gasteiger partial charge in [0.15, 0.2) is 0 Å². The number of rotatable bonds is 13. The van der Waals surface area contributed by atoms with E-state index in [0.717, 1.165) is 47.3 Å². The largest absolute Gasteiger partial charge is 0.497 e. The second-order valence-corrected chi connectivity index (χ2v) is 19.2. The molecule has 4 aromatic carbocycles. The second-order valence-electron chi connectivity index (χ2n) is 14.5. The second kappa shape index (κ2) is 15.4. The highest BCUT2D eigenvalue weighted by Crippen LogP contribution is 2.46. The lowest BCUT2D eigenvalue weighted by atomic mass is 9.95. The van der Waals surface area contributed by atoms with Crippen molar-refractivity contribution in [2.45, 2.75) is 69.5 Å². The first-order valence-electron chi connectivity index (χ1n) is 18.2. The first-order chi connectivity index (χ1) is 25.3. The summed E-state index contributed by atoms with van der Waals surface area (Å²) in [5.74, 6) is 1.01. The number of aromatic nitrogens is 5. The quantitative estimate of drug-likeness (QED) is 0.136. The van der Waals surface area contributed by atoms with E-state index < -0.39 is 8.07 Å². The minimum absolute atomic E-state index is 0.0288. The molecule has 0 spiro atoms. The molecule has 0 saturated carbocycles. The molecule has 52 heavy (non-hydrogen) atoms. The molecule has 0 bridgehead atoms. The number of nitrogens with zero attached hydrogens (tertiary/aromatic N) is 5. The van der Waals surface area contributed by atoms with E-state index in [1.165, 1.54) is 15.4 Å². The molecule has 5 atom stereocenters. The highest BCUT2D eigenvalue weighted by molar-refractivity contribution is 6.91. The van der Waals surface area contributed by atoms with Crippen LogP contribution < -0.4 is 15.5 Å². The standard InChI is InChI=1S/C42H47N5O4Si/c1-29-39(23-16-30-14-17-33(18-15-30)47-42(49)36-13-9-8-12-32(36)26-43-47)51-40(41(29)52(3,4)35-21-19-34(50-2)20-22-35)24-25-46-27-38(44-45-46)37(28-48)31-10-6-5-7-11-31/h5-15,17-22,26-27,29,37,39-41,48H,16,23-25,28H2,1-4H3/t29-,37?,39+,40-,41+/m0/s1. The topological polar surface area (TPSA) is 104 Å². The molecule has 0 radical (unpaired) electrons. The van der Waals surface area contributed by atoms with Gasteiger partial charge in [-0.05, 0) is 72.2 Å². The van der Waals surface area contributed by atoms with Crippen molar-refractivity contribution in [2.75, 3.05) is 13.7 Å². The first-order valence-corrected chi connectivity index (χ1v) is 21.3. The van der Waals surface area contributed by atoms with Gasteiger partial charge in [0.05, 0.1) is 62.9 Å². The Bertz CT molecular complexity index is 2150. The molecule has 268 valence electrons. The van der Waals surface area contributed by atoms with Crippen molar-refractivity contribution >= 4 is 24.0 Å². The molecule has 1 N–H and O–H groups in total. The van der Waals surface area contributed by atoms with E-state index in [4.69, 9.17) is 9.47 Å². The molecular weight excluding hydrogens is 667 g/mol. The van der Waals surface area contributed by atoms with Gasteiger partial charge in [-0.3, -0.25) is 9.48 Å². The van der Waals surface area contributed by atoms with E-state index in [1.807, 2.05) is 77.6 Å². The van der Waals surface area contributed by atoms with Gasteiger partial charge in [-0.25, -0.2) is 0 Å². The molecule has 10 heteroatoms. The number of methoxy groups -OCH3 is 1. The molecule has 7 rings (SSSR count). The molecule has 1 aliphatic heterocycles. The minimum atomic E-state index is -2.03. The number of ether oxygens (including phenoxy) is 2. The van der Waals surface area contributed by atoms with E-state index in [0.29, 0.717) is 23.4 Å². The average Bonchev–Trinajstić information content (AvgIpc) is 3.78. The fourth-order valence-electron chi connectivity index (χ4n) is 8.20. The Balaban J connectivity index is 1.07. The maximum Gasteiger partial charge on any atom is 0.279 e. The van der Waals surface area contributed by atoms with Gasteiger partial charge in [-0.1, -0.05) is 103 Å². The van der Waals surface area contributed by atoms with Gasteiger partial charge >= 0.3 is 0 Å². The summed E-state index contributed by atoms with van der Waals surface area (Å²) in [4.78, 5) is 13.1. The van der Waals surface area contributed by atoms with Gasteiger partial charge < -0.3 is 14.6 Å². The van der Waals surface area contributed by atoms with Crippen LogP contribution in [0.5, 0.6) is 5.75 Å². The first kappa shape index (κ1) is 35.5. The lowest BCUT2D eigenvalue weighted by Gasteiger charge is -2.36. The SMILES string of the molecule is COc1ccc([Si](C)(C)[C@@H]2[C@@H](C)[C@@H](CCc3ccc(-n4ncc5ccccc5c4=O)cc3)O[C@H]2CCn2cc(C(CO)c3ccccc3)nn2)cc1. The van der Waals surface area contributed by atoms with E-state index in [1.54, 1.807) is 13.3 Å². The summed E-state index contributed by atoms with van der Waals surface area (Å²) in [5.41, 5.74) is 4.01. The van der Waals surface area contributed by atoms with Crippen LogP contribution in [0.25, 0.3) is 16.5 Å². The molecule has 1 saturated heterocycles. The van der Waals surface area contributed by atoms with E-state index in [9.17, 15) is 9.90 Å². The molecule has 0 aliphatic carbocycles. The third kappa shape index (κ3) is 7.23. The molecule has 9 nitrogen and oxygen atoms in total. The molecule has 2 aromatic heterocycles. The van der Waals surface area contributed by atoms with Gasteiger partial charge in [0.2, 0.25) is 0 Å². The summed E-state index contributed by atoms with van der Waals surface area (Å²) < 4.78 is 15.9. The summed E-state index contributed by atoms with van der Waals surface area (Å²) in [6.07, 6.45) is 6.46.